The number of unbranched alkanes of at least 4 members (excludes halogenated alkanes) is 28. The molecule has 9 nitrogen and oxygen atoms in total. The lowest BCUT2D eigenvalue weighted by atomic mass is 10.0. The lowest BCUT2D eigenvalue weighted by Crippen LogP contribution is -2.47. The average Bonchev–Trinajstić information content (AvgIpc) is 3.25. The minimum Gasteiger partial charge on any atom is -0.456 e. The molecule has 3 atom stereocenters. The minimum absolute atomic E-state index is 0.0406. The Hall–Kier alpha value is -1.77. The van der Waals surface area contributed by atoms with Crippen molar-refractivity contribution in [2.24, 2.45) is 0 Å². The van der Waals surface area contributed by atoms with Crippen LogP contribution in [0.25, 0.3) is 0 Å². The van der Waals surface area contributed by atoms with Crippen molar-refractivity contribution in [2.45, 2.75) is 258 Å². The van der Waals surface area contributed by atoms with Crippen molar-refractivity contribution in [1.82, 2.24) is 5.32 Å². The first-order chi connectivity index (χ1) is 30.9. The summed E-state index contributed by atoms with van der Waals surface area (Å²) in [6.45, 7) is 6.90. The van der Waals surface area contributed by atoms with E-state index in [1.54, 1.807) is 0 Å². The maximum Gasteiger partial charge on any atom is 0.472 e. The van der Waals surface area contributed by atoms with Crippen LogP contribution in [0.1, 0.15) is 245 Å². The molecule has 0 saturated heterocycles. The Morgan fingerprint density at radius 3 is 1.48 bits per heavy atom. The molecule has 376 valence electrons. The Morgan fingerprint density at radius 1 is 0.562 bits per heavy atom. The van der Waals surface area contributed by atoms with Crippen molar-refractivity contribution in [3.63, 3.8) is 0 Å². The number of carbonyl (C=O) groups is 2. The quantitative estimate of drug-likeness (QED) is 0.0206. The molecule has 0 aromatic carbocycles. The number of esters is 1. The normalized spacial score (nSPS) is 14.2. The van der Waals surface area contributed by atoms with Crippen molar-refractivity contribution in [3.05, 3.63) is 36.5 Å². The van der Waals surface area contributed by atoms with Gasteiger partial charge >= 0.3 is 13.8 Å². The number of quaternary nitrogens is 1. The summed E-state index contributed by atoms with van der Waals surface area (Å²) >= 11 is 0. The van der Waals surface area contributed by atoms with Crippen LogP contribution < -0.4 is 5.32 Å². The zero-order valence-electron chi connectivity index (χ0n) is 42.8. The summed E-state index contributed by atoms with van der Waals surface area (Å²) in [5.41, 5.74) is 0. The van der Waals surface area contributed by atoms with Crippen molar-refractivity contribution in [1.29, 1.82) is 0 Å². The minimum atomic E-state index is -4.43. The molecule has 0 fully saturated rings. The molecule has 0 saturated carbocycles. The van der Waals surface area contributed by atoms with E-state index in [0.29, 0.717) is 17.4 Å². The highest BCUT2D eigenvalue weighted by Gasteiger charge is 2.30. The van der Waals surface area contributed by atoms with E-state index in [1.807, 2.05) is 33.3 Å². The molecule has 2 N–H and O–H groups in total. The van der Waals surface area contributed by atoms with Crippen LogP contribution in [-0.4, -0.2) is 74.3 Å². The third kappa shape index (κ3) is 45.4. The van der Waals surface area contributed by atoms with E-state index < -0.39 is 20.0 Å². The van der Waals surface area contributed by atoms with E-state index in [0.717, 1.165) is 83.5 Å². The van der Waals surface area contributed by atoms with Crippen LogP contribution in [0.3, 0.4) is 0 Å². The number of nitrogens with zero attached hydrogens (tertiary/aromatic N) is 1. The molecule has 0 heterocycles. The number of phosphoric ester groups is 1. The number of phosphoric acid groups is 1. The molecule has 3 unspecified atom stereocenters. The summed E-state index contributed by atoms with van der Waals surface area (Å²) in [6, 6.07) is -0.845. The fraction of sp³-hybridized carbons (Fsp3) is 0.852. The Kier molecular flexibility index (Phi) is 43.8. The summed E-state index contributed by atoms with van der Waals surface area (Å²) < 4.78 is 30.5. The molecule has 0 aromatic heterocycles. The lowest BCUT2D eigenvalue weighted by molar-refractivity contribution is -0.870. The van der Waals surface area contributed by atoms with Crippen molar-refractivity contribution in [2.75, 3.05) is 40.9 Å². The van der Waals surface area contributed by atoms with Gasteiger partial charge in [-0.3, -0.25) is 18.6 Å². The molecule has 0 aliphatic carbocycles. The number of nitrogens with one attached hydrogen (secondary N) is 1. The van der Waals surface area contributed by atoms with Crippen LogP contribution in [0.5, 0.6) is 0 Å². The monoisotopic (exact) mass is 924 g/mol. The standard InChI is InChI=1S/C54H103N2O7P/c1-7-10-13-16-19-22-25-27-29-32-35-38-41-44-47-54(58)63-52(45-42-39-36-33-30-24-21-18-15-12-9-3)51(50-62-64(59,60)61-49-48-56(4,5)6)55-53(57)46-43-40-37-34-31-28-26-23-20-17-14-11-8-2/h10,13,19,22,42,45,51-52H,7-9,11-12,14-18,20-21,23-41,43-44,46-50H2,1-6H3,(H-,55,57,59,60)/p+1/b13-10+,22-19+,45-42+. The maximum atomic E-state index is 13.4. The average molecular weight is 924 g/mol. The van der Waals surface area contributed by atoms with Gasteiger partial charge in [-0.05, 0) is 57.4 Å². The molecule has 0 radical (unpaired) electrons. The highest BCUT2D eigenvalue weighted by atomic mass is 31.2. The highest BCUT2D eigenvalue weighted by molar-refractivity contribution is 7.47. The number of amides is 1. The smallest absolute Gasteiger partial charge is 0.456 e. The van der Waals surface area contributed by atoms with E-state index in [-0.39, 0.29) is 31.5 Å². The largest absolute Gasteiger partial charge is 0.472 e. The van der Waals surface area contributed by atoms with E-state index in [2.05, 4.69) is 50.4 Å². The summed E-state index contributed by atoms with van der Waals surface area (Å²) in [6.07, 6.45) is 51.3. The second-order valence-electron chi connectivity index (χ2n) is 19.4. The van der Waals surface area contributed by atoms with Gasteiger partial charge in [-0.25, -0.2) is 4.57 Å². The van der Waals surface area contributed by atoms with Gasteiger partial charge in [0.2, 0.25) is 5.91 Å². The van der Waals surface area contributed by atoms with Gasteiger partial charge in [-0.2, -0.15) is 0 Å². The molecule has 64 heavy (non-hydrogen) atoms. The first kappa shape index (κ1) is 62.2. The first-order valence-electron chi connectivity index (χ1n) is 26.8. The second kappa shape index (κ2) is 45.0. The van der Waals surface area contributed by atoms with Gasteiger partial charge in [0.1, 0.15) is 19.3 Å². The summed E-state index contributed by atoms with van der Waals surface area (Å²) in [5.74, 6) is -0.510. The molecule has 1 amide bonds. The predicted octanol–water partition coefficient (Wildman–Crippen LogP) is 15.6. The van der Waals surface area contributed by atoms with Crippen LogP contribution in [0.2, 0.25) is 0 Å². The molecule has 0 bridgehead atoms. The fourth-order valence-corrected chi connectivity index (χ4v) is 8.42. The van der Waals surface area contributed by atoms with Crippen LogP contribution in [0.15, 0.2) is 36.5 Å². The van der Waals surface area contributed by atoms with Gasteiger partial charge in [0.25, 0.3) is 0 Å². The third-order valence-corrected chi connectivity index (χ3v) is 12.8. The number of ether oxygens (including phenoxy) is 1. The van der Waals surface area contributed by atoms with E-state index in [4.69, 9.17) is 13.8 Å². The molecular weight excluding hydrogens is 820 g/mol. The molecule has 0 rings (SSSR count). The Labute approximate surface area is 396 Å². The molecule has 0 spiro atoms. The van der Waals surface area contributed by atoms with Gasteiger partial charge in [-0.1, -0.05) is 212 Å². The zero-order valence-corrected chi connectivity index (χ0v) is 43.7. The van der Waals surface area contributed by atoms with Gasteiger partial charge < -0.3 is 19.4 Å². The highest BCUT2D eigenvalue weighted by Crippen LogP contribution is 2.43. The topological polar surface area (TPSA) is 111 Å². The number of allylic oxidation sites excluding steroid dienone is 5. The molecule has 10 heteroatoms. The zero-order chi connectivity index (χ0) is 47.3. The van der Waals surface area contributed by atoms with Gasteiger partial charge in [-0.15, -0.1) is 0 Å². The number of hydrogen-bond acceptors (Lipinski definition) is 6. The molecule has 0 aromatic rings. The lowest BCUT2D eigenvalue weighted by Gasteiger charge is -2.27. The maximum absolute atomic E-state index is 13.4. The third-order valence-electron chi connectivity index (χ3n) is 11.8. The summed E-state index contributed by atoms with van der Waals surface area (Å²) in [4.78, 5) is 37.4. The Balaban J connectivity index is 5.38. The number of hydrogen-bond donors (Lipinski definition) is 2. The van der Waals surface area contributed by atoms with Gasteiger partial charge in [0.15, 0.2) is 0 Å². The van der Waals surface area contributed by atoms with Gasteiger partial charge in [0.05, 0.1) is 33.8 Å². The Morgan fingerprint density at radius 2 is 1.00 bits per heavy atom. The van der Waals surface area contributed by atoms with Crippen LogP contribution in [-0.2, 0) is 27.9 Å². The fourth-order valence-electron chi connectivity index (χ4n) is 7.68. The van der Waals surface area contributed by atoms with E-state index in [1.165, 1.54) is 128 Å². The predicted molar refractivity (Wildman–Crippen MR) is 272 cm³/mol. The second-order valence-corrected chi connectivity index (χ2v) is 20.8. The molecule has 0 aliphatic heterocycles. The first-order valence-corrected chi connectivity index (χ1v) is 28.3. The Bertz CT molecular complexity index is 1200. The number of carbonyl (C=O) groups excluding carboxylic acids is 2. The SMILES string of the molecule is CC/C=C/C/C=C/CCCCCCCCCC(=O)OC(/C=C/CCCCCCCCCCC)C(COP(=O)(O)OCC[N+](C)(C)C)NC(=O)CCCCCCCCCCCCCCC. The van der Waals surface area contributed by atoms with Gasteiger partial charge in [0, 0.05) is 12.8 Å². The van der Waals surface area contributed by atoms with Crippen molar-refractivity contribution < 1.29 is 37.3 Å². The van der Waals surface area contributed by atoms with Crippen molar-refractivity contribution >= 4 is 19.7 Å². The van der Waals surface area contributed by atoms with E-state index in [9.17, 15) is 19.0 Å². The number of likely N-dealkylation sites (N-methyl/N-ethyl adjacent to an activating group) is 1. The van der Waals surface area contributed by atoms with Crippen LogP contribution >= 0.6 is 7.82 Å². The molecular formula is C54H104N2O7P+. The molecule has 0 aliphatic rings. The van der Waals surface area contributed by atoms with Crippen LogP contribution in [0, 0.1) is 0 Å². The number of rotatable bonds is 48. The van der Waals surface area contributed by atoms with Crippen LogP contribution in [0.4, 0.5) is 0 Å². The van der Waals surface area contributed by atoms with E-state index >= 15 is 0 Å². The van der Waals surface area contributed by atoms with Crippen molar-refractivity contribution in [3.8, 4) is 0 Å². The summed E-state index contributed by atoms with van der Waals surface area (Å²) in [7, 11) is 1.50. The summed E-state index contributed by atoms with van der Waals surface area (Å²) in [5, 5.41) is 3.04.